The van der Waals surface area contributed by atoms with Crippen LogP contribution >= 0.6 is 0 Å². The average molecular weight is 253 g/mol. The first-order chi connectivity index (χ1) is 9.24. The van der Waals surface area contributed by atoms with Gasteiger partial charge in [0, 0.05) is 16.3 Å². The third-order valence-corrected chi connectivity index (χ3v) is 3.23. The van der Waals surface area contributed by atoms with Crippen LogP contribution in [0.1, 0.15) is 17.2 Å². The van der Waals surface area contributed by atoms with Crippen LogP contribution in [0.15, 0.2) is 58.5 Å². The molecule has 94 valence electrons. The normalized spacial score (nSPS) is 14.1. The smallest absolute Gasteiger partial charge is 0.195 e. The monoisotopic (exact) mass is 253 g/mol. The Morgan fingerprint density at radius 2 is 1.79 bits per heavy atom. The van der Waals surface area contributed by atoms with Crippen LogP contribution in [-0.2, 0) is 0 Å². The highest BCUT2D eigenvalue weighted by molar-refractivity contribution is 6.17. The third kappa shape index (κ3) is 1.82. The number of benzene rings is 2. The summed E-state index contributed by atoms with van der Waals surface area (Å²) in [6.07, 6.45) is -1.06. The molecule has 0 fully saturated rings. The van der Waals surface area contributed by atoms with Crippen molar-refractivity contribution in [1.82, 2.24) is 0 Å². The van der Waals surface area contributed by atoms with Crippen molar-refractivity contribution in [3.63, 3.8) is 0 Å². The summed E-state index contributed by atoms with van der Waals surface area (Å²) >= 11 is 0. The molecule has 0 saturated carbocycles. The van der Waals surface area contributed by atoms with Crippen molar-refractivity contribution in [1.29, 1.82) is 0 Å². The summed E-state index contributed by atoms with van der Waals surface area (Å²) in [6.45, 7) is 0. The van der Waals surface area contributed by atoms with Gasteiger partial charge >= 0.3 is 0 Å². The summed E-state index contributed by atoms with van der Waals surface area (Å²) in [4.78, 5) is 11.5. The van der Waals surface area contributed by atoms with Gasteiger partial charge in [-0.05, 0) is 5.56 Å². The quantitative estimate of drug-likeness (QED) is 0.426. The second-order valence-corrected chi connectivity index (χ2v) is 4.36. The van der Waals surface area contributed by atoms with Gasteiger partial charge in [-0.3, -0.25) is 4.79 Å². The Morgan fingerprint density at radius 3 is 2.47 bits per heavy atom. The van der Waals surface area contributed by atoms with E-state index in [0.29, 0.717) is 21.9 Å². The van der Waals surface area contributed by atoms with Crippen LogP contribution < -0.4 is 5.43 Å². The van der Waals surface area contributed by atoms with E-state index >= 15 is 0 Å². The molecule has 4 heteroatoms. The van der Waals surface area contributed by atoms with Crippen LogP contribution in [0.25, 0.3) is 10.8 Å². The summed E-state index contributed by atoms with van der Waals surface area (Å²) in [5.41, 5.74) is 1.14. The number of aliphatic hydroxyl groups excluding tert-OH is 1. The van der Waals surface area contributed by atoms with Crippen LogP contribution in [-0.4, -0.2) is 16.0 Å². The van der Waals surface area contributed by atoms with E-state index in [4.69, 9.17) is 5.21 Å². The van der Waals surface area contributed by atoms with Gasteiger partial charge in [0.05, 0.1) is 0 Å². The maximum absolute atomic E-state index is 11.5. The van der Waals surface area contributed by atoms with Crippen molar-refractivity contribution >= 4 is 16.5 Å². The Hall–Kier alpha value is -2.46. The lowest BCUT2D eigenvalue weighted by Gasteiger charge is -2.12. The van der Waals surface area contributed by atoms with E-state index in [1.807, 2.05) is 6.07 Å². The Labute approximate surface area is 108 Å². The number of hydrogen-bond donors (Lipinski definition) is 2. The molecule has 3 rings (SSSR count). The van der Waals surface area contributed by atoms with Crippen molar-refractivity contribution in [2.45, 2.75) is 6.10 Å². The minimum absolute atomic E-state index is 0.0542. The lowest BCUT2D eigenvalue weighted by Crippen LogP contribution is -2.13. The summed E-state index contributed by atoms with van der Waals surface area (Å²) in [7, 11) is 0. The average Bonchev–Trinajstić information content (AvgIpc) is 3.12. The van der Waals surface area contributed by atoms with E-state index in [2.05, 4.69) is 5.16 Å². The first-order valence-corrected chi connectivity index (χ1v) is 5.87. The first kappa shape index (κ1) is 11.6. The van der Waals surface area contributed by atoms with E-state index < -0.39 is 6.10 Å². The molecule has 0 aliphatic rings. The lowest BCUT2D eigenvalue weighted by atomic mass is 9.99. The van der Waals surface area contributed by atoms with Gasteiger partial charge in [0.25, 0.3) is 0 Å². The zero-order chi connectivity index (χ0) is 13.4. The maximum atomic E-state index is 11.5. The molecule has 1 unspecified atom stereocenters. The van der Waals surface area contributed by atoms with Gasteiger partial charge in [-0.15, -0.1) is 0 Å². The molecular formula is C15H11NO3. The van der Waals surface area contributed by atoms with Gasteiger partial charge in [0.15, 0.2) is 5.43 Å². The van der Waals surface area contributed by atoms with Crippen molar-refractivity contribution in [3.05, 3.63) is 69.9 Å². The Bertz CT molecular complexity index is 767. The van der Waals surface area contributed by atoms with Crippen molar-refractivity contribution in [3.8, 4) is 0 Å². The molecule has 4 nitrogen and oxygen atoms in total. The molecule has 3 aromatic carbocycles. The molecule has 0 radical (unpaired) electrons. The van der Waals surface area contributed by atoms with Crippen molar-refractivity contribution in [2.75, 3.05) is 0 Å². The maximum Gasteiger partial charge on any atom is 0.195 e. The van der Waals surface area contributed by atoms with Gasteiger partial charge in [0.1, 0.15) is 11.8 Å². The molecule has 0 saturated heterocycles. The van der Waals surface area contributed by atoms with Crippen molar-refractivity contribution < 1.29 is 10.3 Å². The topological polar surface area (TPSA) is 69.9 Å². The Kier molecular flexibility index (Phi) is 2.65. The summed E-state index contributed by atoms with van der Waals surface area (Å²) in [5.74, 6) is 0. The van der Waals surface area contributed by atoms with E-state index in [0.717, 1.165) is 0 Å². The molecule has 2 N–H and O–H groups in total. The van der Waals surface area contributed by atoms with Gasteiger partial charge in [-0.25, -0.2) is 0 Å². The summed E-state index contributed by atoms with van der Waals surface area (Å²) in [6, 6.07) is 14.0. The number of rotatable bonds is 3. The molecule has 0 amide bonds. The molecule has 0 bridgehead atoms. The van der Waals surface area contributed by atoms with Gasteiger partial charge < -0.3 is 10.3 Å². The largest absolute Gasteiger partial charge is 0.411 e. The summed E-state index contributed by atoms with van der Waals surface area (Å²) < 4.78 is 0. The predicted octanol–water partition coefficient (Wildman–Crippen LogP) is 1.99. The molecular weight excluding hydrogens is 242 g/mol. The number of oxime groups is 1. The fourth-order valence-electron chi connectivity index (χ4n) is 2.20. The molecule has 0 aromatic heterocycles. The van der Waals surface area contributed by atoms with Crippen LogP contribution in [0.3, 0.4) is 0 Å². The van der Waals surface area contributed by atoms with E-state index in [9.17, 15) is 9.90 Å². The Morgan fingerprint density at radius 1 is 1.05 bits per heavy atom. The molecule has 0 aliphatic carbocycles. The Balaban J connectivity index is 2.06. The number of hydrogen-bond acceptors (Lipinski definition) is 4. The highest BCUT2D eigenvalue weighted by Crippen LogP contribution is 2.26. The lowest BCUT2D eigenvalue weighted by molar-refractivity contribution is 0.236. The van der Waals surface area contributed by atoms with Crippen LogP contribution in [0, 0.1) is 0 Å². The van der Waals surface area contributed by atoms with Crippen LogP contribution in [0.2, 0.25) is 0 Å². The minimum atomic E-state index is -1.06. The molecule has 0 aliphatic heterocycles. The fourth-order valence-corrected chi connectivity index (χ4v) is 2.20. The highest BCUT2D eigenvalue weighted by Gasteiger charge is 2.25. The van der Waals surface area contributed by atoms with Gasteiger partial charge in [-0.2, -0.15) is 0 Å². The third-order valence-electron chi connectivity index (χ3n) is 3.23. The fraction of sp³-hybridized carbons (Fsp3) is 0.0667. The van der Waals surface area contributed by atoms with E-state index in [1.165, 1.54) is 0 Å². The van der Waals surface area contributed by atoms with E-state index in [1.54, 1.807) is 42.5 Å². The van der Waals surface area contributed by atoms with Crippen LogP contribution in [0.4, 0.5) is 0 Å². The molecule has 1 atom stereocenters. The molecule has 3 aromatic rings. The highest BCUT2D eigenvalue weighted by atomic mass is 16.4. The van der Waals surface area contributed by atoms with Crippen molar-refractivity contribution in [2.24, 2.45) is 5.16 Å². The number of fused-ring (bicyclic) bond motifs is 1. The summed E-state index contributed by atoms with van der Waals surface area (Å²) in [5, 5.41) is 23.8. The van der Waals surface area contributed by atoms with Gasteiger partial charge in [0.2, 0.25) is 0 Å². The van der Waals surface area contributed by atoms with E-state index in [-0.39, 0.29) is 11.1 Å². The second kappa shape index (κ2) is 4.33. The standard InChI is InChI=1S/C15H11NO3/c17-14(9-5-2-1-3-6-9)13(16-19)10-7-4-8-11-12(10)15(11)18/h1-8,14,17,19H/b16-13+. The molecule has 0 spiro atoms. The minimum Gasteiger partial charge on any atom is -0.411 e. The predicted molar refractivity (Wildman–Crippen MR) is 72.3 cm³/mol. The number of nitrogens with zero attached hydrogens (tertiary/aromatic N) is 1. The first-order valence-electron chi connectivity index (χ1n) is 5.87. The second-order valence-electron chi connectivity index (χ2n) is 4.36. The van der Waals surface area contributed by atoms with Gasteiger partial charge in [-0.1, -0.05) is 53.7 Å². The SMILES string of the molecule is O=c1c2cccc(/C(=N\O)C(O)c3ccccc3)c12. The number of aliphatic hydroxyl groups is 1. The van der Waals surface area contributed by atoms with Crippen LogP contribution in [0.5, 0.6) is 0 Å². The zero-order valence-electron chi connectivity index (χ0n) is 9.95. The molecule has 0 heterocycles. The zero-order valence-corrected chi connectivity index (χ0v) is 9.95. The molecule has 19 heavy (non-hydrogen) atoms.